The Labute approximate surface area is 144 Å². The first-order valence-electron chi connectivity index (χ1n) is 7.48. The van der Waals surface area contributed by atoms with Crippen LogP contribution in [0.15, 0.2) is 47.1 Å². The number of carbonyl (C=O) groups excluding carboxylic acids is 2. The van der Waals surface area contributed by atoms with Gasteiger partial charge in [0, 0.05) is 6.54 Å². The Bertz CT molecular complexity index is 798. The van der Waals surface area contributed by atoms with E-state index >= 15 is 0 Å². The van der Waals surface area contributed by atoms with Crippen LogP contribution in [-0.4, -0.2) is 29.9 Å². The van der Waals surface area contributed by atoms with Crippen LogP contribution in [-0.2, 0) is 16.1 Å². The van der Waals surface area contributed by atoms with E-state index < -0.39 is 18.5 Å². The van der Waals surface area contributed by atoms with Crippen molar-refractivity contribution in [1.29, 1.82) is 10.5 Å². The van der Waals surface area contributed by atoms with E-state index in [1.807, 2.05) is 12.1 Å². The molecule has 1 heterocycles. The Morgan fingerprint density at radius 2 is 1.92 bits per heavy atom. The zero-order valence-corrected chi connectivity index (χ0v) is 13.3. The summed E-state index contributed by atoms with van der Waals surface area (Å²) in [6, 6.07) is 13.3. The molecule has 0 radical (unpaired) electrons. The lowest BCUT2D eigenvalue weighted by atomic mass is 10.1. The molecule has 1 aromatic heterocycles. The van der Waals surface area contributed by atoms with Crippen LogP contribution >= 0.6 is 0 Å². The maximum absolute atomic E-state index is 12.3. The number of rotatable bonds is 7. The van der Waals surface area contributed by atoms with Gasteiger partial charge in [0.25, 0.3) is 5.91 Å². The number of esters is 1. The molecule has 2 aromatic rings. The Morgan fingerprint density at radius 3 is 2.52 bits per heavy atom. The molecule has 7 heteroatoms. The van der Waals surface area contributed by atoms with Crippen molar-refractivity contribution in [1.82, 2.24) is 4.90 Å². The number of furan rings is 1. The lowest BCUT2D eigenvalue weighted by molar-refractivity contribution is -0.135. The number of nitrogens with zero attached hydrogens (tertiary/aromatic N) is 3. The lowest BCUT2D eigenvalue weighted by Gasteiger charge is -2.20. The van der Waals surface area contributed by atoms with Gasteiger partial charge < -0.3 is 14.1 Å². The average Bonchev–Trinajstić information content (AvgIpc) is 3.16. The Hall–Kier alpha value is -3.58. The van der Waals surface area contributed by atoms with Gasteiger partial charge in [0.15, 0.2) is 6.61 Å². The highest BCUT2D eigenvalue weighted by Gasteiger charge is 2.17. The highest BCUT2D eigenvalue weighted by molar-refractivity contribution is 5.91. The third kappa shape index (κ3) is 5.22. The fourth-order valence-electron chi connectivity index (χ4n) is 2.05. The molecule has 0 aliphatic carbocycles. The molecule has 7 nitrogen and oxygen atoms in total. The van der Waals surface area contributed by atoms with Gasteiger partial charge in [-0.25, -0.2) is 4.79 Å². The predicted octanol–water partition coefficient (Wildman–Crippen LogP) is 2.25. The summed E-state index contributed by atoms with van der Waals surface area (Å²) in [5.41, 5.74) is 0.676. The lowest BCUT2D eigenvalue weighted by Crippen LogP contribution is -2.34. The molecule has 0 atom stereocenters. The minimum absolute atomic E-state index is 0.163. The molecule has 0 aliphatic heterocycles. The van der Waals surface area contributed by atoms with Crippen LogP contribution < -0.4 is 0 Å². The van der Waals surface area contributed by atoms with Gasteiger partial charge in [0.05, 0.1) is 42.5 Å². The van der Waals surface area contributed by atoms with Crippen LogP contribution in [0.1, 0.15) is 28.1 Å². The molecule has 0 N–H and O–H groups in total. The zero-order valence-electron chi connectivity index (χ0n) is 13.3. The van der Waals surface area contributed by atoms with Crippen LogP contribution in [0.2, 0.25) is 0 Å². The van der Waals surface area contributed by atoms with Gasteiger partial charge in [-0.3, -0.25) is 4.79 Å². The van der Waals surface area contributed by atoms with Gasteiger partial charge >= 0.3 is 5.97 Å². The maximum atomic E-state index is 12.3. The average molecular weight is 337 g/mol. The summed E-state index contributed by atoms with van der Waals surface area (Å²) in [5.74, 6) is -0.505. The molecule has 0 aliphatic rings. The van der Waals surface area contributed by atoms with Crippen molar-refractivity contribution < 1.29 is 18.7 Å². The molecule has 1 aromatic carbocycles. The normalized spacial score (nSPS) is 9.68. The van der Waals surface area contributed by atoms with E-state index in [1.54, 1.807) is 12.1 Å². The molecule has 0 saturated heterocycles. The number of hydrogen-bond donors (Lipinski definition) is 0. The third-order valence-corrected chi connectivity index (χ3v) is 3.35. The molecule has 0 bridgehead atoms. The molecule has 25 heavy (non-hydrogen) atoms. The first kappa shape index (κ1) is 17.8. The van der Waals surface area contributed by atoms with Gasteiger partial charge in [-0.2, -0.15) is 10.5 Å². The summed E-state index contributed by atoms with van der Waals surface area (Å²) in [5, 5.41) is 17.4. The summed E-state index contributed by atoms with van der Waals surface area (Å²) in [6.45, 7) is -0.0304. The number of amides is 1. The number of benzene rings is 1. The van der Waals surface area contributed by atoms with E-state index in [0.29, 0.717) is 11.3 Å². The van der Waals surface area contributed by atoms with Gasteiger partial charge in [-0.15, -0.1) is 0 Å². The summed E-state index contributed by atoms with van der Waals surface area (Å²) in [4.78, 5) is 25.6. The molecule has 0 saturated carbocycles. The van der Waals surface area contributed by atoms with E-state index in [2.05, 4.69) is 0 Å². The van der Waals surface area contributed by atoms with Crippen LogP contribution in [0.4, 0.5) is 0 Å². The summed E-state index contributed by atoms with van der Waals surface area (Å²) < 4.78 is 10.2. The number of carbonyl (C=O) groups is 2. The van der Waals surface area contributed by atoms with Crippen molar-refractivity contribution in [3.63, 3.8) is 0 Å². The summed E-state index contributed by atoms with van der Waals surface area (Å²) >= 11 is 0. The van der Waals surface area contributed by atoms with Gasteiger partial charge in [0.2, 0.25) is 0 Å². The Kier molecular flexibility index (Phi) is 6.32. The second-order valence-electron chi connectivity index (χ2n) is 5.07. The van der Waals surface area contributed by atoms with E-state index in [9.17, 15) is 9.59 Å². The molecular weight excluding hydrogens is 322 g/mol. The zero-order chi connectivity index (χ0) is 18.1. The molecule has 2 rings (SSSR count). The second kappa shape index (κ2) is 8.90. The van der Waals surface area contributed by atoms with Crippen molar-refractivity contribution >= 4 is 11.9 Å². The van der Waals surface area contributed by atoms with Crippen LogP contribution in [0.3, 0.4) is 0 Å². The van der Waals surface area contributed by atoms with Crippen molar-refractivity contribution in [2.45, 2.75) is 13.0 Å². The highest BCUT2D eigenvalue weighted by Crippen LogP contribution is 2.08. The first-order chi connectivity index (χ1) is 12.1. The van der Waals surface area contributed by atoms with Crippen molar-refractivity contribution in [3.05, 3.63) is 59.5 Å². The minimum Gasteiger partial charge on any atom is -0.467 e. The molecule has 0 fully saturated rings. The molecular formula is C18H15N3O4. The Morgan fingerprint density at radius 1 is 1.16 bits per heavy atom. The topological polar surface area (TPSA) is 107 Å². The van der Waals surface area contributed by atoms with Gasteiger partial charge in [-0.05, 0) is 36.4 Å². The van der Waals surface area contributed by atoms with Crippen molar-refractivity contribution in [3.8, 4) is 12.1 Å². The van der Waals surface area contributed by atoms with Crippen molar-refractivity contribution in [2.75, 3.05) is 13.2 Å². The SMILES string of the molecule is N#CCCN(Cc1ccco1)C(=O)COC(=O)c1ccc(C#N)cc1. The second-order valence-corrected chi connectivity index (χ2v) is 5.07. The molecule has 126 valence electrons. The maximum Gasteiger partial charge on any atom is 0.338 e. The number of ether oxygens (including phenoxy) is 1. The van der Waals surface area contributed by atoms with E-state index in [4.69, 9.17) is 19.7 Å². The minimum atomic E-state index is -0.656. The smallest absolute Gasteiger partial charge is 0.338 e. The fraction of sp³-hybridized carbons (Fsp3) is 0.222. The number of hydrogen-bond acceptors (Lipinski definition) is 6. The van der Waals surface area contributed by atoms with Crippen LogP contribution in [0.5, 0.6) is 0 Å². The quantitative estimate of drug-likeness (QED) is 0.717. The van der Waals surface area contributed by atoms with E-state index in [0.717, 1.165) is 0 Å². The third-order valence-electron chi connectivity index (χ3n) is 3.35. The predicted molar refractivity (Wildman–Crippen MR) is 85.8 cm³/mol. The summed E-state index contributed by atoms with van der Waals surface area (Å²) in [7, 11) is 0. The first-order valence-corrected chi connectivity index (χ1v) is 7.48. The van der Waals surface area contributed by atoms with Gasteiger partial charge in [0.1, 0.15) is 5.76 Å². The van der Waals surface area contributed by atoms with Gasteiger partial charge in [-0.1, -0.05) is 0 Å². The standard InChI is InChI=1S/C18H15N3O4/c19-8-2-9-21(12-16-3-1-10-24-16)17(22)13-25-18(23)15-6-4-14(11-20)5-7-15/h1,3-7,10H,2,9,12-13H2. The van der Waals surface area contributed by atoms with Crippen LogP contribution in [0.25, 0.3) is 0 Å². The molecule has 0 spiro atoms. The summed E-state index contributed by atoms with van der Waals surface area (Å²) in [6.07, 6.45) is 1.66. The monoisotopic (exact) mass is 337 g/mol. The molecule has 1 amide bonds. The largest absolute Gasteiger partial charge is 0.467 e. The van der Waals surface area contributed by atoms with E-state index in [1.165, 1.54) is 35.4 Å². The molecule has 0 unspecified atom stereocenters. The van der Waals surface area contributed by atoms with E-state index in [-0.39, 0.29) is 25.1 Å². The van der Waals surface area contributed by atoms with Crippen LogP contribution in [0, 0.1) is 22.7 Å². The van der Waals surface area contributed by atoms with Crippen molar-refractivity contribution in [2.24, 2.45) is 0 Å². The number of nitriles is 2. The Balaban J connectivity index is 1.93. The fourth-order valence-corrected chi connectivity index (χ4v) is 2.05. The highest BCUT2D eigenvalue weighted by atomic mass is 16.5.